The van der Waals surface area contributed by atoms with Gasteiger partial charge in [-0.15, -0.1) is 12.4 Å². The molecule has 1 amide bonds. The third kappa shape index (κ3) is 3.95. The van der Waals surface area contributed by atoms with Gasteiger partial charge in [-0.05, 0) is 44.2 Å². The van der Waals surface area contributed by atoms with E-state index in [1.165, 1.54) is 32.0 Å². The Morgan fingerprint density at radius 1 is 1.19 bits per heavy atom. The highest BCUT2D eigenvalue weighted by Crippen LogP contribution is 2.39. The number of nitrogens with zero attached hydrogens (tertiary/aromatic N) is 4. The van der Waals surface area contributed by atoms with Crippen molar-refractivity contribution in [3.8, 4) is 0 Å². The molecule has 2 fully saturated rings. The number of rotatable bonds is 3. The third-order valence-electron chi connectivity index (χ3n) is 4.86. The highest BCUT2D eigenvalue weighted by molar-refractivity contribution is 5.85. The zero-order chi connectivity index (χ0) is 13.8. The number of halogens is 1. The third-order valence-corrected chi connectivity index (χ3v) is 4.86. The lowest BCUT2D eigenvalue weighted by Crippen LogP contribution is -2.47. The van der Waals surface area contributed by atoms with Gasteiger partial charge in [0.15, 0.2) is 0 Å². The van der Waals surface area contributed by atoms with Crippen molar-refractivity contribution >= 4 is 18.3 Å². The minimum absolute atomic E-state index is 0. The molecule has 0 saturated carbocycles. The maximum atomic E-state index is 12.2. The summed E-state index contributed by atoms with van der Waals surface area (Å²) in [4.78, 5) is 18.1. The van der Waals surface area contributed by atoms with E-state index in [1.54, 1.807) is 11.0 Å². The fourth-order valence-corrected chi connectivity index (χ4v) is 3.40. The molecule has 1 spiro atoms. The molecule has 0 aromatic carbocycles. The van der Waals surface area contributed by atoms with E-state index >= 15 is 0 Å². The second-order valence-electron chi connectivity index (χ2n) is 6.04. The summed E-state index contributed by atoms with van der Waals surface area (Å²) in [5.74, 6) is 0.254. The second-order valence-corrected chi connectivity index (χ2v) is 6.04. The van der Waals surface area contributed by atoms with Crippen LogP contribution in [0.2, 0.25) is 0 Å². The van der Waals surface area contributed by atoms with Crippen LogP contribution in [0.3, 0.4) is 0 Å². The van der Waals surface area contributed by atoms with Gasteiger partial charge < -0.3 is 10.2 Å². The summed E-state index contributed by atoms with van der Waals surface area (Å²) in [5, 5.41) is 7.46. The lowest BCUT2D eigenvalue weighted by Gasteiger charge is -2.44. The number of hydrogen-bond acceptors (Lipinski definition) is 4. The van der Waals surface area contributed by atoms with E-state index in [1.807, 2.05) is 4.90 Å². The number of aromatic nitrogens is 3. The monoisotopic (exact) mass is 313 g/mol. The van der Waals surface area contributed by atoms with E-state index in [9.17, 15) is 4.79 Å². The number of piperidine rings is 2. The highest BCUT2D eigenvalue weighted by atomic mass is 35.5. The summed E-state index contributed by atoms with van der Waals surface area (Å²) < 4.78 is 1.72. The van der Waals surface area contributed by atoms with Crippen molar-refractivity contribution in [3.05, 3.63) is 12.7 Å². The number of amides is 1. The van der Waals surface area contributed by atoms with Crippen LogP contribution in [0.25, 0.3) is 0 Å². The van der Waals surface area contributed by atoms with Gasteiger partial charge in [-0.3, -0.25) is 9.48 Å². The zero-order valence-electron chi connectivity index (χ0n) is 12.3. The Morgan fingerprint density at radius 2 is 1.90 bits per heavy atom. The van der Waals surface area contributed by atoms with Gasteiger partial charge in [-0.1, -0.05) is 0 Å². The Bertz CT molecular complexity index is 434. The molecule has 0 bridgehead atoms. The van der Waals surface area contributed by atoms with Gasteiger partial charge in [0.1, 0.15) is 12.7 Å². The van der Waals surface area contributed by atoms with Gasteiger partial charge in [0.05, 0.1) is 6.54 Å². The molecule has 2 saturated heterocycles. The maximum absolute atomic E-state index is 12.2. The fourth-order valence-electron chi connectivity index (χ4n) is 3.40. The molecule has 3 rings (SSSR count). The molecule has 1 aromatic rings. The Balaban J connectivity index is 0.00000161. The van der Waals surface area contributed by atoms with Crippen molar-refractivity contribution in [1.82, 2.24) is 25.0 Å². The highest BCUT2D eigenvalue weighted by Gasteiger charge is 2.36. The molecule has 1 N–H and O–H groups in total. The smallest absolute Gasteiger partial charge is 0.224 e. The van der Waals surface area contributed by atoms with Gasteiger partial charge in [-0.2, -0.15) is 5.10 Å². The molecule has 6 nitrogen and oxygen atoms in total. The van der Waals surface area contributed by atoms with Crippen LogP contribution in [0.1, 0.15) is 32.1 Å². The number of carbonyl (C=O) groups excluding carboxylic acids is 1. The fraction of sp³-hybridized carbons (Fsp3) is 0.786. The first-order chi connectivity index (χ1) is 9.77. The quantitative estimate of drug-likeness (QED) is 0.907. The summed E-state index contributed by atoms with van der Waals surface area (Å²) >= 11 is 0. The molecule has 118 valence electrons. The molecule has 0 radical (unpaired) electrons. The van der Waals surface area contributed by atoms with Crippen LogP contribution in [0.4, 0.5) is 0 Å². The molecule has 7 heteroatoms. The Morgan fingerprint density at radius 3 is 2.52 bits per heavy atom. The first-order valence-corrected chi connectivity index (χ1v) is 7.58. The van der Waals surface area contributed by atoms with Crippen molar-refractivity contribution < 1.29 is 4.79 Å². The standard InChI is InChI=1S/C14H23N5O.ClH/c20-13(1-8-19-12-16-11-17-19)18-9-4-14(5-10-18)2-6-15-7-3-14;/h11-12,15H,1-10H2;1H. The topological polar surface area (TPSA) is 63.1 Å². The molecular formula is C14H24ClN5O. The first kappa shape index (κ1) is 16.2. The summed E-state index contributed by atoms with van der Waals surface area (Å²) in [6.45, 7) is 4.76. The van der Waals surface area contributed by atoms with Crippen LogP contribution < -0.4 is 5.32 Å². The molecule has 0 aliphatic carbocycles. The predicted octanol–water partition coefficient (Wildman–Crippen LogP) is 1.08. The molecule has 3 heterocycles. The Kier molecular flexibility index (Phi) is 5.58. The summed E-state index contributed by atoms with van der Waals surface area (Å²) in [6.07, 6.45) is 8.58. The minimum Gasteiger partial charge on any atom is -0.343 e. The van der Waals surface area contributed by atoms with E-state index in [2.05, 4.69) is 15.4 Å². The molecular weight excluding hydrogens is 290 g/mol. The largest absolute Gasteiger partial charge is 0.343 e. The van der Waals surface area contributed by atoms with Crippen LogP contribution in [0.5, 0.6) is 0 Å². The molecule has 0 unspecified atom stereocenters. The van der Waals surface area contributed by atoms with Crippen molar-refractivity contribution in [3.63, 3.8) is 0 Å². The molecule has 2 aliphatic heterocycles. The van der Waals surface area contributed by atoms with Gasteiger partial charge in [0.25, 0.3) is 0 Å². The van der Waals surface area contributed by atoms with Crippen LogP contribution in [0.15, 0.2) is 12.7 Å². The second kappa shape index (κ2) is 7.22. The van der Waals surface area contributed by atoms with Gasteiger partial charge in [0.2, 0.25) is 5.91 Å². The van der Waals surface area contributed by atoms with Crippen molar-refractivity contribution in [2.45, 2.75) is 38.6 Å². The number of aryl methyl sites for hydroxylation is 1. The van der Waals surface area contributed by atoms with Crippen LogP contribution >= 0.6 is 12.4 Å². The van der Waals surface area contributed by atoms with Gasteiger partial charge in [-0.25, -0.2) is 4.98 Å². The van der Waals surface area contributed by atoms with Crippen molar-refractivity contribution in [2.24, 2.45) is 5.41 Å². The van der Waals surface area contributed by atoms with E-state index in [0.717, 1.165) is 26.2 Å². The van der Waals surface area contributed by atoms with Crippen LogP contribution in [-0.4, -0.2) is 51.8 Å². The average Bonchev–Trinajstić information content (AvgIpc) is 3.00. The Labute approximate surface area is 131 Å². The van der Waals surface area contributed by atoms with E-state index in [4.69, 9.17) is 0 Å². The molecule has 2 aliphatic rings. The molecule has 1 aromatic heterocycles. The van der Waals surface area contributed by atoms with E-state index in [0.29, 0.717) is 18.4 Å². The number of carbonyl (C=O) groups is 1. The lowest BCUT2D eigenvalue weighted by molar-refractivity contribution is -0.134. The SMILES string of the molecule is Cl.O=C(CCn1cncn1)N1CCC2(CCNCC2)CC1. The van der Waals surface area contributed by atoms with Crippen LogP contribution in [0, 0.1) is 5.41 Å². The van der Waals surface area contributed by atoms with Crippen LogP contribution in [-0.2, 0) is 11.3 Å². The van der Waals surface area contributed by atoms with Gasteiger partial charge in [0, 0.05) is 19.5 Å². The van der Waals surface area contributed by atoms with E-state index < -0.39 is 0 Å². The Hall–Kier alpha value is -1.14. The normalized spacial score (nSPS) is 21.0. The predicted molar refractivity (Wildman–Crippen MR) is 82.2 cm³/mol. The summed E-state index contributed by atoms with van der Waals surface area (Å²) in [7, 11) is 0. The summed E-state index contributed by atoms with van der Waals surface area (Å²) in [5.41, 5.74) is 0.508. The summed E-state index contributed by atoms with van der Waals surface area (Å²) in [6, 6.07) is 0. The van der Waals surface area contributed by atoms with E-state index in [-0.39, 0.29) is 18.3 Å². The molecule has 21 heavy (non-hydrogen) atoms. The molecule has 0 atom stereocenters. The van der Waals surface area contributed by atoms with Gasteiger partial charge >= 0.3 is 0 Å². The number of hydrogen-bond donors (Lipinski definition) is 1. The minimum atomic E-state index is 0. The number of likely N-dealkylation sites (tertiary alicyclic amines) is 1. The average molecular weight is 314 g/mol. The zero-order valence-corrected chi connectivity index (χ0v) is 13.1. The first-order valence-electron chi connectivity index (χ1n) is 7.58. The lowest BCUT2D eigenvalue weighted by atomic mass is 9.71. The number of nitrogens with one attached hydrogen (secondary N) is 1. The van der Waals surface area contributed by atoms with Crippen molar-refractivity contribution in [1.29, 1.82) is 0 Å². The van der Waals surface area contributed by atoms with Crippen molar-refractivity contribution in [2.75, 3.05) is 26.2 Å². The maximum Gasteiger partial charge on any atom is 0.224 e.